The minimum Gasteiger partial charge on any atom is -0.370 e. The van der Waals surface area contributed by atoms with Gasteiger partial charge in [0.25, 0.3) is 0 Å². The lowest BCUT2D eigenvalue weighted by molar-refractivity contribution is 0.335. The highest BCUT2D eigenvalue weighted by Crippen LogP contribution is 2.13. The number of rotatable bonds is 6. The molecule has 1 N–H and O–H groups in total. The van der Waals surface area contributed by atoms with Crippen LogP contribution in [0.3, 0.4) is 0 Å². The second-order valence-corrected chi connectivity index (χ2v) is 3.50. The zero-order valence-corrected chi connectivity index (χ0v) is 9.85. The summed E-state index contributed by atoms with van der Waals surface area (Å²) in [6.07, 6.45) is 1.72. The molecule has 0 atom stereocenters. The number of anilines is 1. The van der Waals surface area contributed by atoms with E-state index in [2.05, 4.69) is 22.4 Å². The maximum absolute atomic E-state index is 8.68. The first-order valence-electron chi connectivity index (χ1n) is 5.45. The molecule has 0 saturated heterocycles. The molecule has 0 aliphatic rings. The minimum atomic E-state index is 0.244. The highest BCUT2D eigenvalue weighted by Gasteiger charge is 2.08. The van der Waals surface area contributed by atoms with Crippen LogP contribution in [0.4, 0.5) is 5.82 Å². The van der Waals surface area contributed by atoms with Crippen LogP contribution in [0.5, 0.6) is 0 Å². The van der Waals surface area contributed by atoms with Crippen LogP contribution in [0.1, 0.15) is 12.5 Å². The van der Waals surface area contributed by atoms with Gasteiger partial charge in [-0.25, -0.2) is 4.98 Å². The molecule has 0 bridgehead atoms. The first-order chi connectivity index (χ1) is 8.31. The molecular weight excluding hydrogens is 214 g/mol. The van der Waals surface area contributed by atoms with Gasteiger partial charge in [0.15, 0.2) is 0 Å². The molecule has 0 saturated carbocycles. The van der Waals surface area contributed by atoms with Crippen LogP contribution in [0.25, 0.3) is 0 Å². The van der Waals surface area contributed by atoms with Crippen molar-refractivity contribution in [3.63, 3.8) is 0 Å². The molecule has 88 valence electrons. The number of hydrogen-bond acceptors (Lipinski definition) is 5. The third-order valence-corrected chi connectivity index (χ3v) is 2.22. The van der Waals surface area contributed by atoms with Crippen LogP contribution >= 0.6 is 0 Å². The van der Waals surface area contributed by atoms with E-state index < -0.39 is 0 Å². The molecule has 1 aromatic rings. The van der Waals surface area contributed by atoms with Crippen molar-refractivity contribution < 1.29 is 0 Å². The van der Waals surface area contributed by atoms with Gasteiger partial charge in [-0.05, 0) is 13.0 Å². The zero-order valence-electron chi connectivity index (χ0n) is 9.85. The lowest BCUT2D eigenvalue weighted by Crippen LogP contribution is -2.24. The summed E-state index contributed by atoms with van der Waals surface area (Å²) in [7, 11) is 0. The van der Waals surface area contributed by atoms with Gasteiger partial charge in [-0.1, -0.05) is 6.07 Å². The Balaban J connectivity index is 2.78. The summed E-state index contributed by atoms with van der Waals surface area (Å²) in [6, 6.07) is 7.92. The largest absolute Gasteiger partial charge is 0.370 e. The normalized spacial score (nSPS) is 9.65. The Kier molecular flexibility index (Phi) is 5.50. The minimum absolute atomic E-state index is 0.244. The zero-order chi connectivity index (χ0) is 12.5. The van der Waals surface area contributed by atoms with Crippen molar-refractivity contribution in [3.05, 3.63) is 23.9 Å². The SMILES string of the molecule is CCNc1ncccc1CN(CC#N)CC#N. The lowest BCUT2D eigenvalue weighted by atomic mass is 10.2. The van der Waals surface area contributed by atoms with E-state index in [0.29, 0.717) is 6.54 Å². The maximum Gasteiger partial charge on any atom is 0.130 e. The first kappa shape index (κ1) is 13.0. The second kappa shape index (κ2) is 7.21. The highest BCUT2D eigenvalue weighted by molar-refractivity contribution is 5.43. The fourth-order valence-corrected chi connectivity index (χ4v) is 1.50. The van der Waals surface area contributed by atoms with E-state index in [1.54, 1.807) is 11.1 Å². The Bertz CT molecular complexity index is 413. The Labute approximate surface area is 101 Å². The number of nitriles is 2. The van der Waals surface area contributed by atoms with Gasteiger partial charge in [-0.2, -0.15) is 10.5 Å². The van der Waals surface area contributed by atoms with E-state index in [9.17, 15) is 0 Å². The molecule has 0 radical (unpaired) electrons. The Hall–Kier alpha value is -2.11. The molecule has 0 spiro atoms. The van der Waals surface area contributed by atoms with Gasteiger partial charge in [0.1, 0.15) is 5.82 Å². The molecule has 1 heterocycles. The lowest BCUT2D eigenvalue weighted by Gasteiger charge is -2.17. The van der Waals surface area contributed by atoms with Crippen LogP contribution in [0.15, 0.2) is 18.3 Å². The summed E-state index contributed by atoms with van der Waals surface area (Å²) in [4.78, 5) is 6.01. The van der Waals surface area contributed by atoms with Crippen molar-refractivity contribution in [2.75, 3.05) is 25.0 Å². The molecular formula is C12H15N5. The van der Waals surface area contributed by atoms with Crippen molar-refractivity contribution in [1.82, 2.24) is 9.88 Å². The van der Waals surface area contributed by atoms with Crippen molar-refractivity contribution >= 4 is 5.82 Å². The average molecular weight is 229 g/mol. The van der Waals surface area contributed by atoms with Gasteiger partial charge in [0, 0.05) is 24.8 Å². The number of pyridine rings is 1. The van der Waals surface area contributed by atoms with Gasteiger partial charge in [0.2, 0.25) is 0 Å². The maximum atomic E-state index is 8.68. The molecule has 1 aromatic heterocycles. The molecule has 0 aliphatic carbocycles. The number of aromatic nitrogens is 1. The van der Waals surface area contributed by atoms with E-state index in [1.165, 1.54) is 0 Å². The van der Waals surface area contributed by atoms with Crippen LogP contribution < -0.4 is 5.32 Å². The molecule has 17 heavy (non-hydrogen) atoms. The van der Waals surface area contributed by atoms with Gasteiger partial charge < -0.3 is 5.32 Å². The van der Waals surface area contributed by atoms with Gasteiger partial charge in [-0.3, -0.25) is 4.90 Å². The monoisotopic (exact) mass is 229 g/mol. The summed E-state index contributed by atoms with van der Waals surface area (Å²) >= 11 is 0. The summed E-state index contributed by atoms with van der Waals surface area (Å²) in [6.45, 7) is 3.83. The molecule has 0 unspecified atom stereocenters. The topological polar surface area (TPSA) is 75.7 Å². The van der Waals surface area contributed by atoms with Gasteiger partial charge >= 0.3 is 0 Å². The van der Waals surface area contributed by atoms with Gasteiger partial charge in [-0.15, -0.1) is 0 Å². The van der Waals surface area contributed by atoms with Crippen LogP contribution in [0, 0.1) is 22.7 Å². The van der Waals surface area contributed by atoms with E-state index in [-0.39, 0.29) is 13.1 Å². The second-order valence-electron chi connectivity index (χ2n) is 3.50. The predicted molar refractivity (Wildman–Crippen MR) is 64.9 cm³/mol. The Morgan fingerprint density at radius 1 is 1.35 bits per heavy atom. The third-order valence-electron chi connectivity index (χ3n) is 2.22. The molecule has 0 aliphatic heterocycles. The number of nitrogens with one attached hydrogen (secondary N) is 1. The van der Waals surface area contributed by atoms with Crippen LogP contribution in [0.2, 0.25) is 0 Å². The third kappa shape index (κ3) is 4.10. The highest BCUT2D eigenvalue weighted by atomic mass is 15.1. The predicted octanol–water partition coefficient (Wildman–Crippen LogP) is 1.36. The number of nitrogens with zero attached hydrogens (tertiary/aromatic N) is 4. The molecule has 5 heteroatoms. The Morgan fingerprint density at radius 2 is 2.06 bits per heavy atom. The summed E-state index contributed by atoms with van der Waals surface area (Å²) < 4.78 is 0. The van der Waals surface area contributed by atoms with E-state index in [4.69, 9.17) is 10.5 Å². The fraction of sp³-hybridized carbons (Fsp3) is 0.417. The van der Waals surface area contributed by atoms with E-state index >= 15 is 0 Å². The molecule has 0 amide bonds. The standard InChI is InChI=1S/C12H15N5/c1-2-15-12-11(4-3-7-16-12)10-17(8-5-13)9-6-14/h3-4,7H,2,8-10H2,1H3,(H,15,16). The van der Waals surface area contributed by atoms with Crippen LogP contribution in [-0.2, 0) is 6.54 Å². The van der Waals surface area contributed by atoms with Crippen molar-refractivity contribution in [2.45, 2.75) is 13.5 Å². The Morgan fingerprint density at radius 3 is 2.65 bits per heavy atom. The first-order valence-corrected chi connectivity index (χ1v) is 5.45. The molecule has 1 rings (SSSR count). The van der Waals surface area contributed by atoms with Crippen molar-refractivity contribution in [2.24, 2.45) is 0 Å². The van der Waals surface area contributed by atoms with Crippen molar-refractivity contribution in [1.29, 1.82) is 10.5 Å². The van der Waals surface area contributed by atoms with E-state index in [0.717, 1.165) is 17.9 Å². The molecule has 0 fully saturated rings. The molecule has 0 aromatic carbocycles. The summed E-state index contributed by atoms with van der Waals surface area (Å²) in [5.74, 6) is 0.816. The van der Waals surface area contributed by atoms with Gasteiger partial charge in [0.05, 0.1) is 25.2 Å². The van der Waals surface area contributed by atoms with Crippen LogP contribution in [-0.4, -0.2) is 29.5 Å². The summed E-state index contributed by atoms with van der Waals surface area (Å²) in [5, 5.41) is 20.5. The fourth-order valence-electron chi connectivity index (χ4n) is 1.50. The summed E-state index contributed by atoms with van der Waals surface area (Å²) in [5.41, 5.74) is 1.000. The molecule has 5 nitrogen and oxygen atoms in total. The van der Waals surface area contributed by atoms with Crippen molar-refractivity contribution in [3.8, 4) is 12.1 Å². The average Bonchev–Trinajstić information content (AvgIpc) is 2.33. The quantitative estimate of drug-likeness (QED) is 0.745. The van der Waals surface area contributed by atoms with E-state index in [1.807, 2.05) is 19.1 Å². The number of hydrogen-bond donors (Lipinski definition) is 1. The smallest absolute Gasteiger partial charge is 0.130 e.